The summed E-state index contributed by atoms with van der Waals surface area (Å²) in [6, 6.07) is 5.68. The van der Waals surface area contributed by atoms with Gasteiger partial charge in [0.05, 0.1) is 18.3 Å². The van der Waals surface area contributed by atoms with Gasteiger partial charge in [-0.3, -0.25) is 0 Å². The molecule has 0 bridgehead atoms. The van der Waals surface area contributed by atoms with Crippen LogP contribution in [-0.4, -0.2) is 35.6 Å². The second-order valence-corrected chi connectivity index (χ2v) is 6.82. The molecule has 5 heteroatoms. The molecular formula is C16H25BO4. The van der Waals surface area contributed by atoms with Crippen molar-refractivity contribution in [1.82, 2.24) is 0 Å². The molecule has 0 spiro atoms. The molecule has 21 heavy (non-hydrogen) atoms. The molecule has 2 rings (SSSR count). The molecule has 0 heterocycles. The zero-order valence-electron chi connectivity index (χ0n) is 13.5. The molecule has 0 atom stereocenters. The number of aliphatic hydroxyl groups is 1. The summed E-state index contributed by atoms with van der Waals surface area (Å²) in [5.74, 6) is 1.37. The number of benzene rings is 1. The van der Waals surface area contributed by atoms with Gasteiger partial charge >= 0.3 is 7.12 Å². The predicted octanol–water partition coefficient (Wildman–Crippen LogP) is 1.83. The SMILES string of the molecule is COc1cc(B(O)OC(C)(C)C(C)(C)O)ccc1C1CC1. The van der Waals surface area contributed by atoms with Gasteiger partial charge in [-0.05, 0) is 63.5 Å². The van der Waals surface area contributed by atoms with Crippen LogP contribution in [0.4, 0.5) is 0 Å². The van der Waals surface area contributed by atoms with E-state index in [-0.39, 0.29) is 0 Å². The highest BCUT2D eigenvalue weighted by Gasteiger charge is 2.39. The van der Waals surface area contributed by atoms with E-state index in [1.165, 1.54) is 18.4 Å². The van der Waals surface area contributed by atoms with Gasteiger partial charge in [0.1, 0.15) is 5.75 Å². The lowest BCUT2D eigenvalue weighted by Crippen LogP contribution is -2.53. The molecule has 0 aliphatic heterocycles. The molecule has 1 aliphatic carbocycles. The maximum atomic E-state index is 10.3. The summed E-state index contributed by atoms with van der Waals surface area (Å²) in [5.41, 5.74) is -0.121. The summed E-state index contributed by atoms with van der Waals surface area (Å²) >= 11 is 0. The van der Waals surface area contributed by atoms with Crippen molar-refractivity contribution in [2.24, 2.45) is 0 Å². The van der Waals surface area contributed by atoms with Gasteiger partial charge in [-0.1, -0.05) is 12.1 Å². The summed E-state index contributed by atoms with van der Waals surface area (Å²) in [4.78, 5) is 0. The fourth-order valence-corrected chi connectivity index (χ4v) is 2.10. The Morgan fingerprint density at radius 2 is 1.81 bits per heavy atom. The lowest BCUT2D eigenvalue weighted by Gasteiger charge is -2.38. The van der Waals surface area contributed by atoms with E-state index in [4.69, 9.17) is 9.39 Å². The van der Waals surface area contributed by atoms with Gasteiger partial charge in [0.15, 0.2) is 0 Å². The fraction of sp³-hybridized carbons (Fsp3) is 0.625. The maximum Gasteiger partial charge on any atom is 0.491 e. The lowest BCUT2D eigenvalue weighted by molar-refractivity contribution is -0.0982. The van der Waals surface area contributed by atoms with Gasteiger partial charge in [0.2, 0.25) is 0 Å². The minimum atomic E-state index is -1.10. The average molecular weight is 292 g/mol. The van der Waals surface area contributed by atoms with E-state index >= 15 is 0 Å². The van der Waals surface area contributed by atoms with Crippen molar-refractivity contribution >= 4 is 12.6 Å². The Morgan fingerprint density at radius 3 is 2.29 bits per heavy atom. The molecule has 1 aliphatic rings. The first-order chi connectivity index (χ1) is 9.65. The summed E-state index contributed by atoms with van der Waals surface area (Å²) < 4.78 is 11.1. The Hall–Kier alpha value is -1.04. The Balaban J connectivity index is 2.18. The molecule has 116 valence electrons. The summed E-state index contributed by atoms with van der Waals surface area (Å²) in [6.45, 7) is 6.84. The van der Waals surface area contributed by atoms with Crippen LogP contribution in [0.25, 0.3) is 0 Å². The highest BCUT2D eigenvalue weighted by molar-refractivity contribution is 6.60. The third kappa shape index (κ3) is 3.60. The van der Waals surface area contributed by atoms with Crippen molar-refractivity contribution in [3.05, 3.63) is 23.8 Å². The van der Waals surface area contributed by atoms with Gasteiger partial charge in [0, 0.05) is 0 Å². The molecule has 2 N–H and O–H groups in total. The Morgan fingerprint density at radius 1 is 1.19 bits per heavy atom. The molecule has 0 unspecified atom stereocenters. The van der Waals surface area contributed by atoms with Crippen molar-refractivity contribution < 1.29 is 19.5 Å². The van der Waals surface area contributed by atoms with Crippen LogP contribution in [-0.2, 0) is 4.65 Å². The Bertz CT molecular complexity index is 503. The van der Waals surface area contributed by atoms with E-state index in [1.807, 2.05) is 18.2 Å². The highest BCUT2D eigenvalue weighted by atomic mass is 16.5. The van der Waals surface area contributed by atoms with Crippen LogP contribution in [0.2, 0.25) is 0 Å². The predicted molar refractivity (Wildman–Crippen MR) is 84.0 cm³/mol. The number of ether oxygens (including phenoxy) is 1. The van der Waals surface area contributed by atoms with Crippen LogP contribution in [0.5, 0.6) is 5.75 Å². The van der Waals surface area contributed by atoms with E-state index in [2.05, 4.69) is 0 Å². The summed E-state index contributed by atoms with van der Waals surface area (Å²) in [6.07, 6.45) is 2.39. The number of methoxy groups -OCH3 is 1. The molecule has 1 fully saturated rings. The van der Waals surface area contributed by atoms with Crippen LogP contribution in [0.3, 0.4) is 0 Å². The largest absolute Gasteiger partial charge is 0.496 e. The number of hydrogen-bond donors (Lipinski definition) is 2. The molecule has 0 radical (unpaired) electrons. The minimum absolute atomic E-state index is 0.583. The van der Waals surface area contributed by atoms with Gasteiger partial charge in [-0.15, -0.1) is 0 Å². The highest BCUT2D eigenvalue weighted by Crippen LogP contribution is 2.43. The smallest absolute Gasteiger partial charge is 0.491 e. The Labute approximate surface area is 127 Å². The summed E-state index contributed by atoms with van der Waals surface area (Å²) in [7, 11) is 0.535. The normalized spacial score (nSPS) is 16.0. The number of hydrogen-bond acceptors (Lipinski definition) is 4. The van der Waals surface area contributed by atoms with Crippen LogP contribution in [0.15, 0.2) is 18.2 Å². The first kappa shape index (κ1) is 16.3. The molecule has 1 aromatic rings. The average Bonchev–Trinajstić information content (AvgIpc) is 3.20. The van der Waals surface area contributed by atoms with Gasteiger partial charge in [0.25, 0.3) is 0 Å². The summed E-state index contributed by atoms with van der Waals surface area (Å²) in [5, 5.41) is 20.4. The lowest BCUT2D eigenvalue weighted by atomic mass is 9.76. The molecule has 0 amide bonds. The second kappa shape index (κ2) is 5.63. The van der Waals surface area contributed by atoms with E-state index in [0.717, 1.165) is 5.75 Å². The fourth-order valence-electron chi connectivity index (χ4n) is 2.10. The molecule has 1 aromatic carbocycles. The first-order valence-corrected chi connectivity index (χ1v) is 7.42. The molecule has 1 saturated carbocycles. The molecular weight excluding hydrogens is 267 g/mol. The number of rotatable bonds is 6. The third-order valence-electron chi connectivity index (χ3n) is 4.44. The van der Waals surface area contributed by atoms with E-state index in [9.17, 15) is 10.1 Å². The van der Waals surface area contributed by atoms with Crippen molar-refractivity contribution in [2.45, 2.75) is 57.7 Å². The third-order valence-corrected chi connectivity index (χ3v) is 4.44. The molecule has 4 nitrogen and oxygen atoms in total. The quantitative estimate of drug-likeness (QED) is 0.785. The zero-order valence-corrected chi connectivity index (χ0v) is 13.5. The van der Waals surface area contributed by atoms with Crippen molar-refractivity contribution in [2.75, 3.05) is 7.11 Å². The van der Waals surface area contributed by atoms with Gasteiger partial charge in [-0.25, -0.2) is 0 Å². The van der Waals surface area contributed by atoms with Crippen molar-refractivity contribution in [3.63, 3.8) is 0 Å². The molecule has 0 saturated heterocycles. The van der Waals surface area contributed by atoms with Crippen LogP contribution >= 0.6 is 0 Å². The van der Waals surface area contributed by atoms with Crippen LogP contribution in [0.1, 0.15) is 52.0 Å². The van der Waals surface area contributed by atoms with E-state index < -0.39 is 18.3 Å². The molecule has 0 aromatic heterocycles. The maximum absolute atomic E-state index is 10.3. The standard InChI is InChI=1S/C16H25BO4/c1-15(2,18)16(3,4)21-17(19)12-8-9-13(11-6-7-11)14(10-12)20-5/h8-11,18-19H,6-7H2,1-5H3. The van der Waals surface area contributed by atoms with E-state index in [0.29, 0.717) is 11.4 Å². The Kier molecular flexibility index (Phi) is 4.38. The zero-order chi connectivity index (χ0) is 15.8. The monoisotopic (exact) mass is 292 g/mol. The van der Waals surface area contributed by atoms with Gasteiger partial charge in [-0.2, -0.15) is 0 Å². The van der Waals surface area contributed by atoms with Crippen LogP contribution < -0.4 is 10.2 Å². The van der Waals surface area contributed by atoms with E-state index in [1.54, 1.807) is 34.8 Å². The minimum Gasteiger partial charge on any atom is -0.496 e. The first-order valence-electron chi connectivity index (χ1n) is 7.42. The van der Waals surface area contributed by atoms with Crippen LogP contribution in [0, 0.1) is 0 Å². The van der Waals surface area contributed by atoms with Crippen molar-refractivity contribution in [3.8, 4) is 5.75 Å². The van der Waals surface area contributed by atoms with Crippen molar-refractivity contribution in [1.29, 1.82) is 0 Å². The topological polar surface area (TPSA) is 58.9 Å². The van der Waals surface area contributed by atoms with Gasteiger partial charge < -0.3 is 19.5 Å². The second-order valence-electron chi connectivity index (χ2n) is 6.82.